The fourth-order valence-electron chi connectivity index (χ4n) is 1.45. The summed E-state index contributed by atoms with van der Waals surface area (Å²) in [6.07, 6.45) is 0.477. The maximum absolute atomic E-state index is 11.6. The first-order valence-electron chi connectivity index (χ1n) is 5.49. The molecule has 1 atom stereocenters. The molecule has 18 heavy (non-hydrogen) atoms. The Balaban J connectivity index is 2.68. The van der Waals surface area contributed by atoms with E-state index in [1.807, 2.05) is 31.2 Å². The molecule has 1 unspecified atom stereocenters. The summed E-state index contributed by atoms with van der Waals surface area (Å²) in [6.45, 7) is 1.99. The summed E-state index contributed by atoms with van der Waals surface area (Å²) >= 11 is 1.09. The lowest BCUT2D eigenvalue weighted by Crippen LogP contribution is -2.23. The van der Waals surface area contributed by atoms with E-state index in [-0.39, 0.29) is 11.7 Å². The molecule has 0 amide bonds. The number of carbonyl (C=O) groups excluding carboxylic acids is 1. The standard InChI is InChI=1S/C13H16O4S/c1-9-3-5-10(6-4-9)7-11(13(16)17-2)18-8-12(14)15/h3-6,11H,7-8H2,1-2H3,(H,14,15). The normalized spacial score (nSPS) is 11.9. The molecular weight excluding hydrogens is 252 g/mol. The Morgan fingerprint density at radius 1 is 1.33 bits per heavy atom. The number of hydrogen-bond donors (Lipinski definition) is 1. The van der Waals surface area contributed by atoms with Gasteiger partial charge in [-0.05, 0) is 18.9 Å². The largest absolute Gasteiger partial charge is 0.481 e. The summed E-state index contributed by atoms with van der Waals surface area (Å²) in [7, 11) is 1.31. The highest BCUT2D eigenvalue weighted by molar-refractivity contribution is 8.01. The van der Waals surface area contributed by atoms with Crippen molar-refractivity contribution in [3.05, 3.63) is 35.4 Å². The van der Waals surface area contributed by atoms with Crippen LogP contribution >= 0.6 is 11.8 Å². The van der Waals surface area contributed by atoms with E-state index in [1.54, 1.807) is 0 Å². The summed E-state index contributed by atoms with van der Waals surface area (Å²) in [5.41, 5.74) is 2.14. The van der Waals surface area contributed by atoms with Gasteiger partial charge >= 0.3 is 11.9 Å². The van der Waals surface area contributed by atoms with E-state index in [0.29, 0.717) is 6.42 Å². The number of aliphatic carboxylic acids is 1. The molecule has 1 rings (SSSR count). The third-order valence-electron chi connectivity index (χ3n) is 2.41. The van der Waals surface area contributed by atoms with Crippen LogP contribution < -0.4 is 0 Å². The maximum atomic E-state index is 11.6. The second kappa shape index (κ2) is 7.06. The molecule has 1 N–H and O–H groups in total. The van der Waals surface area contributed by atoms with Crippen LogP contribution in [-0.2, 0) is 20.7 Å². The predicted octanol–water partition coefficient (Wildman–Crippen LogP) is 1.90. The molecule has 4 nitrogen and oxygen atoms in total. The van der Waals surface area contributed by atoms with Gasteiger partial charge in [0.05, 0.1) is 12.9 Å². The van der Waals surface area contributed by atoms with Gasteiger partial charge in [0.15, 0.2) is 0 Å². The second-order valence-corrected chi connectivity index (χ2v) is 5.10. The first kappa shape index (κ1) is 14.6. The summed E-state index contributed by atoms with van der Waals surface area (Å²) < 4.78 is 4.69. The van der Waals surface area contributed by atoms with Crippen LogP contribution in [-0.4, -0.2) is 35.2 Å². The van der Waals surface area contributed by atoms with Gasteiger partial charge in [-0.1, -0.05) is 29.8 Å². The fourth-order valence-corrected chi connectivity index (χ4v) is 2.34. The molecule has 0 spiro atoms. The highest BCUT2D eigenvalue weighted by Gasteiger charge is 2.21. The van der Waals surface area contributed by atoms with Crippen molar-refractivity contribution in [3.8, 4) is 0 Å². The van der Waals surface area contributed by atoms with E-state index in [2.05, 4.69) is 4.74 Å². The van der Waals surface area contributed by atoms with Crippen LogP contribution in [0.5, 0.6) is 0 Å². The molecule has 0 aliphatic rings. The molecule has 0 aliphatic heterocycles. The van der Waals surface area contributed by atoms with Gasteiger partial charge in [0.25, 0.3) is 0 Å². The summed E-state index contributed by atoms with van der Waals surface area (Å²) in [4.78, 5) is 22.1. The van der Waals surface area contributed by atoms with Crippen LogP contribution in [0.3, 0.4) is 0 Å². The van der Waals surface area contributed by atoms with E-state index < -0.39 is 11.2 Å². The number of benzene rings is 1. The third-order valence-corrected chi connectivity index (χ3v) is 3.59. The van der Waals surface area contributed by atoms with Crippen LogP contribution in [0.4, 0.5) is 0 Å². The Kier molecular flexibility index (Phi) is 5.71. The smallest absolute Gasteiger partial charge is 0.319 e. The van der Waals surface area contributed by atoms with Crippen molar-refractivity contribution < 1.29 is 19.4 Å². The van der Waals surface area contributed by atoms with Crippen molar-refractivity contribution in [1.29, 1.82) is 0 Å². The average molecular weight is 268 g/mol. The molecule has 0 fully saturated rings. The molecule has 1 aromatic rings. The fraction of sp³-hybridized carbons (Fsp3) is 0.385. The van der Waals surface area contributed by atoms with Crippen molar-refractivity contribution in [2.24, 2.45) is 0 Å². The molecule has 1 aromatic carbocycles. The van der Waals surface area contributed by atoms with Crippen molar-refractivity contribution in [2.45, 2.75) is 18.6 Å². The number of rotatable bonds is 6. The molecule has 0 bridgehead atoms. The van der Waals surface area contributed by atoms with Gasteiger partial charge in [-0.2, -0.15) is 0 Å². The minimum atomic E-state index is -0.933. The van der Waals surface area contributed by atoms with Crippen molar-refractivity contribution in [3.63, 3.8) is 0 Å². The number of esters is 1. The Bertz CT molecular complexity index is 414. The highest BCUT2D eigenvalue weighted by atomic mass is 32.2. The Hall–Kier alpha value is -1.49. The topological polar surface area (TPSA) is 63.6 Å². The highest BCUT2D eigenvalue weighted by Crippen LogP contribution is 2.18. The van der Waals surface area contributed by atoms with E-state index in [0.717, 1.165) is 22.9 Å². The van der Waals surface area contributed by atoms with Crippen LogP contribution in [0.15, 0.2) is 24.3 Å². The van der Waals surface area contributed by atoms with Gasteiger partial charge in [-0.25, -0.2) is 0 Å². The van der Waals surface area contributed by atoms with Gasteiger partial charge in [-0.15, -0.1) is 11.8 Å². The van der Waals surface area contributed by atoms with E-state index >= 15 is 0 Å². The number of ether oxygens (including phenoxy) is 1. The molecule has 0 saturated carbocycles. The van der Waals surface area contributed by atoms with Crippen molar-refractivity contribution >= 4 is 23.7 Å². The SMILES string of the molecule is COC(=O)C(Cc1ccc(C)cc1)SCC(=O)O. The Labute approximate surface area is 110 Å². The van der Waals surface area contributed by atoms with Crippen LogP contribution in [0.1, 0.15) is 11.1 Å². The lowest BCUT2D eigenvalue weighted by molar-refractivity contribution is -0.139. The first-order chi connectivity index (χ1) is 8.52. The zero-order valence-electron chi connectivity index (χ0n) is 10.4. The van der Waals surface area contributed by atoms with E-state index in [1.165, 1.54) is 7.11 Å². The Morgan fingerprint density at radius 2 is 1.94 bits per heavy atom. The maximum Gasteiger partial charge on any atom is 0.319 e. The molecule has 0 radical (unpaired) electrons. The first-order valence-corrected chi connectivity index (χ1v) is 6.54. The number of thioether (sulfide) groups is 1. The average Bonchev–Trinajstić information content (AvgIpc) is 2.35. The van der Waals surface area contributed by atoms with Crippen LogP contribution in [0, 0.1) is 6.92 Å². The molecule has 0 aromatic heterocycles. The summed E-state index contributed by atoms with van der Waals surface area (Å²) in [6, 6.07) is 7.80. The third kappa shape index (κ3) is 4.79. The molecule has 5 heteroatoms. The number of hydrogen-bond acceptors (Lipinski definition) is 4. The van der Waals surface area contributed by atoms with Crippen molar-refractivity contribution in [1.82, 2.24) is 0 Å². The number of aryl methyl sites for hydroxylation is 1. The van der Waals surface area contributed by atoms with Gasteiger partial charge < -0.3 is 9.84 Å². The summed E-state index contributed by atoms with van der Waals surface area (Å²) in [5, 5.41) is 8.17. The second-order valence-electron chi connectivity index (χ2n) is 3.91. The quantitative estimate of drug-likeness (QED) is 0.798. The Morgan fingerprint density at radius 3 is 2.44 bits per heavy atom. The summed E-state index contributed by atoms with van der Waals surface area (Å²) in [5.74, 6) is -1.43. The van der Waals surface area contributed by atoms with E-state index in [4.69, 9.17) is 5.11 Å². The zero-order valence-corrected chi connectivity index (χ0v) is 11.2. The van der Waals surface area contributed by atoms with Gasteiger partial charge in [0.1, 0.15) is 5.25 Å². The molecule has 0 saturated heterocycles. The monoisotopic (exact) mass is 268 g/mol. The number of methoxy groups -OCH3 is 1. The predicted molar refractivity (Wildman–Crippen MR) is 70.8 cm³/mol. The molecule has 98 valence electrons. The van der Waals surface area contributed by atoms with Gasteiger partial charge in [0, 0.05) is 0 Å². The molecular formula is C13H16O4S. The van der Waals surface area contributed by atoms with Gasteiger partial charge in [-0.3, -0.25) is 9.59 Å². The van der Waals surface area contributed by atoms with Crippen LogP contribution in [0.2, 0.25) is 0 Å². The number of carboxylic acid groups (broad SMARTS) is 1. The number of carboxylic acids is 1. The van der Waals surface area contributed by atoms with Crippen molar-refractivity contribution in [2.75, 3.05) is 12.9 Å². The van der Waals surface area contributed by atoms with Gasteiger partial charge in [0.2, 0.25) is 0 Å². The molecule has 0 heterocycles. The molecule has 0 aliphatic carbocycles. The van der Waals surface area contributed by atoms with Crippen LogP contribution in [0.25, 0.3) is 0 Å². The lowest BCUT2D eigenvalue weighted by atomic mass is 10.1. The lowest BCUT2D eigenvalue weighted by Gasteiger charge is -2.13. The minimum Gasteiger partial charge on any atom is -0.481 e. The minimum absolute atomic E-state index is 0.106. The van der Waals surface area contributed by atoms with E-state index in [9.17, 15) is 9.59 Å². The zero-order chi connectivity index (χ0) is 13.5. The number of carbonyl (C=O) groups is 2.